The van der Waals surface area contributed by atoms with Crippen molar-refractivity contribution >= 4 is 39.7 Å². The Labute approximate surface area is 236 Å². The average molecular weight is 578 g/mol. The van der Waals surface area contributed by atoms with Crippen molar-refractivity contribution in [1.82, 2.24) is 5.32 Å². The first-order chi connectivity index (χ1) is 17.9. The smallest absolute Gasteiger partial charge is 0.232 e. The fraction of sp³-hybridized carbons (Fsp3) is 0.379. The van der Waals surface area contributed by atoms with Gasteiger partial charge in [0.2, 0.25) is 10.0 Å². The SMILES string of the molecule is COc1ccccc1NS(=O)(=O)CCCOc1ccc2c(c1)C(C1(c3ccc(Cl)cc3)CCC1)NCC2.Cl. The Morgan fingerprint density at radius 2 is 1.84 bits per heavy atom. The van der Waals surface area contributed by atoms with Crippen molar-refractivity contribution in [3.63, 3.8) is 0 Å². The van der Waals surface area contributed by atoms with Gasteiger partial charge in [-0.2, -0.15) is 0 Å². The molecule has 2 N–H and O–H groups in total. The topological polar surface area (TPSA) is 76.7 Å². The maximum atomic E-state index is 12.6. The molecule has 1 aliphatic heterocycles. The van der Waals surface area contributed by atoms with Gasteiger partial charge in [-0.15, -0.1) is 12.4 Å². The first-order valence-corrected chi connectivity index (χ1v) is 14.8. The molecule has 1 fully saturated rings. The number of fused-ring (bicyclic) bond motifs is 1. The van der Waals surface area contributed by atoms with Gasteiger partial charge in [0.15, 0.2) is 0 Å². The quantitative estimate of drug-likeness (QED) is 0.277. The Morgan fingerprint density at radius 3 is 2.55 bits per heavy atom. The lowest BCUT2D eigenvalue weighted by molar-refractivity contribution is 0.164. The number of rotatable bonds is 10. The van der Waals surface area contributed by atoms with Gasteiger partial charge in [-0.1, -0.05) is 48.4 Å². The van der Waals surface area contributed by atoms with Gasteiger partial charge < -0.3 is 14.8 Å². The molecule has 38 heavy (non-hydrogen) atoms. The van der Waals surface area contributed by atoms with Crippen molar-refractivity contribution in [3.05, 3.63) is 88.4 Å². The zero-order valence-corrected chi connectivity index (χ0v) is 23.8. The Balaban J connectivity index is 0.00000336. The second kappa shape index (κ2) is 12.2. The van der Waals surface area contributed by atoms with Crippen LogP contribution in [-0.2, 0) is 21.9 Å². The normalized spacial score (nSPS) is 17.9. The highest BCUT2D eigenvalue weighted by Gasteiger charge is 2.47. The van der Waals surface area contributed by atoms with Gasteiger partial charge in [0, 0.05) is 16.5 Å². The molecule has 9 heteroatoms. The number of ether oxygens (including phenoxy) is 2. The molecule has 0 saturated heterocycles. The van der Waals surface area contributed by atoms with Crippen molar-refractivity contribution in [1.29, 1.82) is 0 Å². The van der Waals surface area contributed by atoms with Crippen LogP contribution in [-0.4, -0.2) is 34.4 Å². The minimum atomic E-state index is -3.52. The van der Waals surface area contributed by atoms with Gasteiger partial charge in [-0.05, 0) is 85.3 Å². The summed E-state index contributed by atoms with van der Waals surface area (Å²) < 4.78 is 39.0. The second-order valence-electron chi connectivity index (χ2n) is 9.84. The van der Waals surface area contributed by atoms with Gasteiger partial charge in [0.25, 0.3) is 0 Å². The third kappa shape index (κ3) is 6.07. The highest BCUT2D eigenvalue weighted by molar-refractivity contribution is 7.92. The second-order valence-corrected chi connectivity index (χ2v) is 12.1. The van der Waals surface area contributed by atoms with E-state index in [9.17, 15) is 8.42 Å². The fourth-order valence-corrected chi connectivity index (χ4v) is 6.81. The van der Waals surface area contributed by atoms with Gasteiger partial charge in [0.1, 0.15) is 11.5 Å². The zero-order valence-electron chi connectivity index (χ0n) is 21.4. The molecule has 1 aliphatic carbocycles. The number of anilines is 1. The van der Waals surface area contributed by atoms with Crippen LogP contribution in [0.3, 0.4) is 0 Å². The van der Waals surface area contributed by atoms with E-state index < -0.39 is 10.0 Å². The van der Waals surface area contributed by atoms with Gasteiger partial charge in [-0.25, -0.2) is 8.42 Å². The predicted molar refractivity (Wildman–Crippen MR) is 156 cm³/mol. The number of hydrogen-bond donors (Lipinski definition) is 2. The largest absolute Gasteiger partial charge is 0.495 e. The summed E-state index contributed by atoms with van der Waals surface area (Å²) in [7, 11) is -2.01. The number of hydrogen-bond acceptors (Lipinski definition) is 5. The summed E-state index contributed by atoms with van der Waals surface area (Å²) >= 11 is 6.17. The standard InChI is InChI=1S/C29H33ClN2O4S.ClH/c1-35-27-7-3-2-6-26(27)32-37(33,34)19-5-18-36-24-13-8-21-14-17-31-28(25(21)20-24)29(15-4-16-29)22-9-11-23(30)12-10-22;/h2-3,6-13,20,28,31-32H,4-5,14-19H2,1H3;1H. The molecule has 5 rings (SSSR count). The minimum Gasteiger partial charge on any atom is -0.495 e. The number of nitrogens with one attached hydrogen (secondary N) is 2. The summed E-state index contributed by atoms with van der Waals surface area (Å²) in [5.74, 6) is 1.22. The highest BCUT2D eigenvalue weighted by Crippen LogP contribution is 2.53. The number of methoxy groups -OCH3 is 1. The molecule has 0 aromatic heterocycles. The molecule has 1 saturated carbocycles. The number of halogens is 2. The molecule has 0 radical (unpaired) electrons. The zero-order chi connectivity index (χ0) is 25.9. The van der Waals surface area contributed by atoms with Crippen LogP contribution in [0.15, 0.2) is 66.7 Å². The van der Waals surface area contributed by atoms with E-state index in [2.05, 4.69) is 34.3 Å². The van der Waals surface area contributed by atoms with Crippen molar-refractivity contribution < 1.29 is 17.9 Å². The highest BCUT2D eigenvalue weighted by atomic mass is 35.5. The molecule has 0 spiro atoms. The number of para-hydroxylation sites is 2. The molecule has 204 valence electrons. The summed E-state index contributed by atoms with van der Waals surface area (Å²) in [5, 5.41) is 4.55. The van der Waals surface area contributed by atoms with Crippen LogP contribution in [0.1, 0.15) is 48.4 Å². The van der Waals surface area contributed by atoms with Crippen molar-refractivity contribution in [2.45, 2.75) is 43.6 Å². The van der Waals surface area contributed by atoms with Crippen LogP contribution in [0.5, 0.6) is 11.5 Å². The molecule has 3 aromatic rings. The van der Waals surface area contributed by atoms with E-state index in [-0.39, 0.29) is 29.6 Å². The van der Waals surface area contributed by atoms with E-state index in [1.54, 1.807) is 24.3 Å². The molecule has 0 bridgehead atoms. The van der Waals surface area contributed by atoms with Gasteiger partial charge in [-0.3, -0.25) is 4.72 Å². The molecule has 1 atom stereocenters. The summed E-state index contributed by atoms with van der Waals surface area (Å²) in [6.07, 6.45) is 4.83. The monoisotopic (exact) mass is 576 g/mol. The third-order valence-corrected chi connectivity index (χ3v) is 9.20. The van der Waals surface area contributed by atoms with E-state index in [0.717, 1.165) is 36.6 Å². The van der Waals surface area contributed by atoms with Crippen LogP contribution < -0.4 is 19.5 Å². The average Bonchev–Trinajstić information content (AvgIpc) is 2.87. The summed E-state index contributed by atoms with van der Waals surface area (Å²) in [5.41, 5.74) is 4.44. The van der Waals surface area contributed by atoms with Crippen LogP contribution in [0.25, 0.3) is 0 Å². The first kappa shape index (κ1) is 28.6. The predicted octanol–water partition coefficient (Wildman–Crippen LogP) is 6.29. The van der Waals surface area contributed by atoms with Gasteiger partial charge in [0.05, 0.1) is 25.2 Å². The Bertz CT molecular complexity index is 1340. The number of benzene rings is 3. The molecule has 3 aromatic carbocycles. The molecule has 1 unspecified atom stereocenters. The molecular weight excluding hydrogens is 543 g/mol. The summed E-state index contributed by atoms with van der Waals surface area (Å²) in [6.45, 7) is 1.26. The van der Waals surface area contributed by atoms with Crippen molar-refractivity contribution in [3.8, 4) is 11.5 Å². The summed E-state index contributed by atoms with van der Waals surface area (Å²) in [6, 6.07) is 21.8. The lowest BCUT2D eigenvalue weighted by Gasteiger charge is -2.50. The van der Waals surface area contributed by atoms with E-state index in [1.807, 2.05) is 18.2 Å². The van der Waals surface area contributed by atoms with Crippen LogP contribution >= 0.6 is 24.0 Å². The maximum absolute atomic E-state index is 12.6. The minimum absolute atomic E-state index is 0. The van der Waals surface area contributed by atoms with E-state index in [1.165, 1.54) is 30.2 Å². The molecule has 0 amide bonds. The number of sulfonamides is 1. The first-order valence-electron chi connectivity index (χ1n) is 12.8. The molecule has 2 aliphatic rings. The summed E-state index contributed by atoms with van der Waals surface area (Å²) in [4.78, 5) is 0. The maximum Gasteiger partial charge on any atom is 0.232 e. The van der Waals surface area contributed by atoms with E-state index >= 15 is 0 Å². The van der Waals surface area contributed by atoms with E-state index in [4.69, 9.17) is 21.1 Å². The lowest BCUT2D eigenvalue weighted by atomic mass is 9.58. The third-order valence-electron chi connectivity index (χ3n) is 7.59. The van der Waals surface area contributed by atoms with Crippen LogP contribution in [0, 0.1) is 0 Å². The van der Waals surface area contributed by atoms with Crippen molar-refractivity contribution in [2.24, 2.45) is 0 Å². The lowest BCUT2D eigenvalue weighted by Crippen LogP contribution is -2.49. The molecule has 1 heterocycles. The molecule has 6 nitrogen and oxygen atoms in total. The van der Waals surface area contributed by atoms with Crippen molar-refractivity contribution in [2.75, 3.05) is 30.7 Å². The molecular formula is C29H34Cl2N2O4S. The fourth-order valence-electron chi connectivity index (χ4n) is 5.58. The Kier molecular flexibility index (Phi) is 9.14. The van der Waals surface area contributed by atoms with Gasteiger partial charge >= 0.3 is 0 Å². The van der Waals surface area contributed by atoms with Crippen LogP contribution in [0.4, 0.5) is 5.69 Å². The Morgan fingerprint density at radius 1 is 1.08 bits per heavy atom. The van der Waals surface area contributed by atoms with Crippen LogP contribution in [0.2, 0.25) is 5.02 Å². The van der Waals surface area contributed by atoms with E-state index in [0.29, 0.717) is 24.5 Å². The Hall–Kier alpha value is -2.45.